The zero-order valence-electron chi connectivity index (χ0n) is 9.63. The minimum Gasteiger partial charge on any atom is -0.477 e. The molecule has 0 aliphatic carbocycles. The summed E-state index contributed by atoms with van der Waals surface area (Å²) in [5, 5.41) is 10.1. The Morgan fingerprint density at radius 3 is 2.56 bits per heavy atom. The first kappa shape index (κ1) is 11.1. The van der Waals surface area contributed by atoms with Crippen LogP contribution in [-0.4, -0.2) is 23.7 Å². The van der Waals surface area contributed by atoms with Gasteiger partial charge in [0.25, 0.3) is 0 Å². The maximum absolute atomic E-state index is 10.1. The van der Waals surface area contributed by atoms with Gasteiger partial charge >= 0.3 is 0 Å². The summed E-state index contributed by atoms with van der Waals surface area (Å²) in [4.78, 5) is 4.41. The zero-order valence-corrected chi connectivity index (χ0v) is 9.63. The van der Waals surface area contributed by atoms with Crippen molar-refractivity contribution in [3.05, 3.63) is 35.9 Å². The van der Waals surface area contributed by atoms with Gasteiger partial charge in [0.15, 0.2) is 6.10 Å². The van der Waals surface area contributed by atoms with E-state index in [1.54, 1.807) is 0 Å². The highest BCUT2D eigenvalue weighted by Crippen LogP contribution is 2.22. The molecule has 3 heteroatoms. The number of aliphatic imine (C=N–C) groups is 1. The summed E-state index contributed by atoms with van der Waals surface area (Å²) in [6.07, 6.45) is -0.732. The quantitative estimate of drug-likeness (QED) is 0.846. The van der Waals surface area contributed by atoms with Crippen molar-refractivity contribution in [3.63, 3.8) is 0 Å². The number of aliphatic hydroxyl groups excluding tert-OH is 1. The number of hydrogen-bond acceptors (Lipinski definition) is 3. The Balaban J connectivity index is 2.12. The van der Waals surface area contributed by atoms with Crippen molar-refractivity contribution in [2.24, 2.45) is 10.9 Å². The number of aliphatic hydroxyl groups is 1. The summed E-state index contributed by atoms with van der Waals surface area (Å²) in [6, 6.07) is 9.64. The predicted molar refractivity (Wildman–Crippen MR) is 63.4 cm³/mol. The lowest BCUT2D eigenvalue weighted by Gasteiger charge is -2.09. The number of rotatable bonds is 3. The molecule has 0 spiro atoms. The first-order valence-electron chi connectivity index (χ1n) is 5.62. The zero-order chi connectivity index (χ0) is 11.5. The SMILES string of the molecule is CC(C)[C@@H]1COC([C@H](O)c2ccccc2)=N1. The van der Waals surface area contributed by atoms with E-state index in [2.05, 4.69) is 18.8 Å². The summed E-state index contributed by atoms with van der Waals surface area (Å²) in [7, 11) is 0. The van der Waals surface area contributed by atoms with E-state index in [0.29, 0.717) is 18.4 Å². The lowest BCUT2D eigenvalue weighted by Crippen LogP contribution is -2.13. The molecule has 0 saturated heterocycles. The fourth-order valence-electron chi connectivity index (χ4n) is 1.68. The highest BCUT2D eigenvalue weighted by atomic mass is 16.5. The van der Waals surface area contributed by atoms with Gasteiger partial charge in [0.1, 0.15) is 6.61 Å². The summed E-state index contributed by atoms with van der Waals surface area (Å²) in [5.41, 5.74) is 0.825. The van der Waals surface area contributed by atoms with Crippen LogP contribution >= 0.6 is 0 Å². The van der Waals surface area contributed by atoms with Gasteiger partial charge in [-0.25, -0.2) is 4.99 Å². The fourth-order valence-corrected chi connectivity index (χ4v) is 1.68. The normalized spacial score (nSPS) is 21.8. The molecule has 0 radical (unpaired) electrons. The molecule has 1 aromatic rings. The Labute approximate surface area is 95.8 Å². The van der Waals surface area contributed by atoms with Gasteiger partial charge in [0, 0.05) is 0 Å². The van der Waals surface area contributed by atoms with Crippen molar-refractivity contribution in [2.45, 2.75) is 26.0 Å². The van der Waals surface area contributed by atoms with E-state index in [9.17, 15) is 5.11 Å². The summed E-state index contributed by atoms with van der Waals surface area (Å²) in [6.45, 7) is 4.79. The molecule has 1 N–H and O–H groups in total. The molecular weight excluding hydrogens is 202 g/mol. The maximum atomic E-state index is 10.1. The van der Waals surface area contributed by atoms with Crippen molar-refractivity contribution in [3.8, 4) is 0 Å². The molecule has 3 nitrogen and oxygen atoms in total. The van der Waals surface area contributed by atoms with Crippen LogP contribution in [0.2, 0.25) is 0 Å². The minimum absolute atomic E-state index is 0.174. The maximum Gasteiger partial charge on any atom is 0.218 e. The molecule has 2 rings (SSSR count). The number of benzene rings is 1. The van der Waals surface area contributed by atoms with Crippen LogP contribution in [0.4, 0.5) is 0 Å². The predicted octanol–water partition coefficient (Wildman–Crippen LogP) is 2.17. The molecule has 86 valence electrons. The molecule has 1 aliphatic heterocycles. The van der Waals surface area contributed by atoms with Gasteiger partial charge in [-0.3, -0.25) is 0 Å². The van der Waals surface area contributed by atoms with E-state index in [1.807, 2.05) is 30.3 Å². The molecule has 0 aromatic heterocycles. The van der Waals surface area contributed by atoms with E-state index in [-0.39, 0.29) is 6.04 Å². The van der Waals surface area contributed by atoms with Crippen LogP contribution in [-0.2, 0) is 4.74 Å². The molecular formula is C13H17NO2. The van der Waals surface area contributed by atoms with E-state index in [1.165, 1.54) is 0 Å². The second-order valence-electron chi connectivity index (χ2n) is 4.40. The average molecular weight is 219 g/mol. The van der Waals surface area contributed by atoms with Gasteiger partial charge in [-0.1, -0.05) is 44.2 Å². The summed E-state index contributed by atoms with van der Waals surface area (Å²) < 4.78 is 5.44. The standard InChI is InChI=1S/C13H17NO2/c1-9(2)11-8-16-13(14-11)12(15)10-6-4-3-5-7-10/h3-7,9,11-12,15H,8H2,1-2H3/t11-,12+/m0/s1. The number of hydrogen-bond donors (Lipinski definition) is 1. The molecule has 16 heavy (non-hydrogen) atoms. The Morgan fingerprint density at radius 1 is 1.31 bits per heavy atom. The van der Waals surface area contributed by atoms with Gasteiger partial charge in [0.2, 0.25) is 5.90 Å². The van der Waals surface area contributed by atoms with E-state index >= 15 is 0 Å². The molecule has 2 atom stereocenters. The van der Waals surface area contributed by atoms with Crippen molar-refractivity contribution in [1.82, 2.24) is 0 Å². The number of nitrogens with zero attached hydrogens (tertiary/aromatic N) is 1. The van der Waals surface area contributed by atoms with Crippen LogP contribution in [0.5, 0.6) is 0 Å². The average Bonchev–Trinajstić information content (AvgIpc) is 2.78. The Hall–Kier alpha value is -1.35. The molecule has 0 amide bonds. The van der Waals surface area contributed by atoms with Gasteiger partial charge in [-0.2, -0.15) is 0 Å². The lowest BCUT2D eigenvalue weighted by molar-refractivity contribution is 0.196. The van der Waals surface area contributed by atoms with Crippen LogP contribution in [0.3, 0.4) is 0 Å². The van der Waals surface area contributed by atoms with Gasteiger partial charge in [-0.05, 0) is 11.5 Å². The molecule has 0 saturated carbocycles. The van der Waals surface area contributed by atoms with E-state index in [0.717, 1.165) is 5.56 Å². The Morgan fingerprint density at radius 2 is 2.00 bits per heavy atom. The third kappa shape index (κ3) is 2.25. The first-order chi connectivity index (χ1) is 7.68. The Kier molecular flexibility index (Phi) is 3.25. The van der Waals surface area contributed by atoms with Gasteiger partial charge in [-0.15, -0.1) is 0 Å². The van der Waals surface area contributed by atoms with Crippen LogP contribution < -0.4 is 0 Å². The fraction of sp³-hybridized carbons (Fsp3) is 0.462. The summed E-state index contributed by atoms with van der Waals surface area (Å²) >= 11 is 0. The second kappa shape index (κ2) is 4.66. The van der Waals surface area contributed by atoms with Crippen LogP contribution in [0.25, 0.3) is 0 Å². The Bertz CT molecular complexity index is 373. The molecule has 0 fully saturated rings. The highest BCUT2D eigenvalue weighted by Gasteiger charge is 2.26. The lowest BCUT2D eigenvalue weighted by atomic mass is 10.1. The van der Waals surface area contributed by atoms with Crippen LogP contribution in [0.15, 0.2) is 35.3 Å². The van der Waals surface area contributed by atoms with Crippen molar-refractivity contribution >= 4 is 5.90 Å². The van der Waals surface area contributed by atoms with E-state index < -0.39 is 6.10 Å². The smallest absolute Gasteiger partial charge is 0.218 e. The topological polar surface area (TPSA) is 41.8 Å². The molecule has 0 unspecified atom stereocenters. The highest BCUT2D eigenvalue weighted by molar-refractivity contribution is 5.83. The van der Waals surface area contributed by atoms with Crippen LogP contribution in [0.1, 0.15) is 25.5 Å². The van der Waals surface area contributed by atoms with E-state index in [4.69, 9.17) is 4.74 Å². The third-order valence-corrected chi connectivity index (χ3v) is 2.81. The summed E-state index contributed by atoms with van der Waals surface area (Å²) in [5.74, 6) is 0.894. The molecule has 1 heterocycles. The van der Waals surface area contributed by atoms with Crippen molar-refractivity contribution in [1.29, 1.82) is 0 Å². The molecule has 1 aromatic carbocycles. The minimum atomic E-state index is -0.732. The van der Waals surface area contributed by atoms with Gasteiger partial charge < -0.3 is 9.84 Å². The third-order valence-electron chi connectivity index (χ3n) is 2.81. The van der Waals surface area contributed by atoms with Crippen LogP contribution in [0, 0.1) is 5.92 Å². The van der Waals surface area contributed by atoms with Gasteiger partial charge in [0.05, 0.1) is 6.04 Å². The molecule has 1 aliphatic rings. The largest absolute Gasteiger partial charge is 0.477 e. The molecule has 0 bridgehead atoms. The number of ether oxygens (including phenoxy) is 1. The van der Waals surface area contributed by atoms with Crippen molar-refractivity contribution in [2.75, 3.05) is 6.61 Å². The van der Waals surface area contributed by atoms with Crippen molar-refractivity contribution < 1.29 is 9.84 Å². The monoisotopic (exact) mass is 219 g/mol. The second-order valence-corrected chi connectivity index (χ2v) is 4.40. The first-order valence-corrected chi connectivity index (χ1v) is 5.62.